The van der Waals surface area contributed by atoms with E-state index in [4.69, 9.17) is 4.65 Å². The summed E-state index contributed by atoms with van der Waals surface area (Å²) in [5.74, 6) is 0.124. The van der Waals surface area contributed by atoms with Crippen molar-refractivity contribution >= 4 is 34.8 Å². The Kier molecular flexibility index (Phi) is 8.44. The number of carbonyl (C=O) groups is 1. The molecule has 0 heterocycles. The first-order valence-electron chi connectivity index (χ1n) is 12.8. The first-order chi connectivity index (χ1) is 16.5. The summed E-state index contributed by atoms with van der Waals surface area (Å²) in [6, 6.07) is 13.0. The Balaban J connectivity index is 1.76. The van der Waals surface area contributed by atoms with E-state index in [9.17, 15) is 9.90 Å². The number of amides is 1. The van der Waals surface area contributed by atoms with E-state index >= 15 is 0 Å². The molecule has 2 aromatic carbocycles. The highest BCUT2D eigenvalue weighted by atomic mass is 79.9. The molecule has 4 nitrogen and oxygen atoms in total. The van der Waals surface area contributed by atoms with E-state index in [-0.39, 0.29) is 16.7 Å². The summed E-state index contributed by atoms with van der Waals surface area (Å²) in [4.78, 5) is 12.2. The zero-order chi connectivity index (χ0) is 26.9. The van der Waals surface area contributed by atoms with Gasteiger partial charge >= 0.3 is 7.48 Å². The second kappa shape index (κ2) is 10.5. The standard InChI is InChI=1S/C30H40BBrNO3/c1-27(2,3)19-26(34)33-16-10-9-15-30(8)24-17-20(31-36-29(6,7)28(4,5)35)11-13-22(24)23-14-12-21(32)18-25(23)30/h11-14,17-18,35H,4,9-10,15-16,19H2,1-3,5-8H3/p+1. The predicted molar refractivity (Wildman–Crippen MR) is 153 cm³/mol. The largest absolute Gasteiger partial charge is 0.423 e. The van der Waals surface area contributed by atoms with Crippen molar-refractivity contribution in [1.29, 1.82) is 0 Å². The van der Waals surface area contributed by atoms with Crippen LogP contribution in [0.4, 0.5) is 0 Å². The van der Waals surface area contributed by atoms with Crippen LogP contribution in [-0.2, 0) is 14.9 Å². The van der Waals surface area contributed by atoms with Gasteiger partial charge in [0.15, 0.2) is 0 Å². The third kappa shape index (κ3) is 6.57. The van der Waals surface area contributed by atoms with E-state index in [1.54, 1.807) is 14.4 Å². The van der Waals surface area contributed by atoms with Crippen molar-refractivity contribution in [2.75, 3.05) is 6.54 Å². The average molecular weight is 554 g/mol. The summed E-state index contributed by atoms with van der Waals surface area (Å²) in [6.45, 7) is 18.4. The number of hydrogen-bond acceptors (Lipinski definition) is 3. The van der Waals surface area contributed by atoms with Gasteiger partial charge in [-0.05, 0) is 66.5 Å². The number of fused-ring (bicyclic) bond motifs is 3. The number of unbranched alkanes of at least 4 members (excludes halogenated alkanes) is 1. The van der Waals surface area contributed by atoms with Crippen molar-refractivity contribution in [3.63, 3.8) is 0 Å². The zero-order valence-electron chi connectivity index (χ0n) is 22.9. The summed E-state index contributed by atoms with van der Waals surface area (Å²) in [5.41, 5.74) is 3.87. The molecule has 1 aliphatic carbocycles. The Morgan fingerprint density at radius 3 is 2.28 bits per heavy atom. The zero-order valence-corrected chi connectivity index (χ0v) is 24.5. The van der Waals surface area contributed by atoms with Gasteiger partial charge in [-0.1, -0.05) is 79.8 Å². The Bertz CT molecular complexity index is 1100. The van der Waals surface area contributed by atoms with Crippen LogP contribution in [0.3, 0.4) is 0 Å². The highest BCUT2D eigenvalue weighted by molar-refractivity contribution is 9.10. The SMILES string of the molecule is [CH2+]C(C)(O)C(C)(C)O[B]c1ccc2c(c1)C(C)(CCCCNC(=O)CC(C)(C)C)c1cc(Br)ccc1-2. The molecule has 2 N–H and O–H groups in total. The quantitative estimate of drug-likeness (QED) is 0.213. The van der Waals surface area contributed by atoms with E-state index in [1.165, 1.54) is 22.3 Å². The summed E-state index contributed by atoms with van der Waals surface area (Å²) >= 11 is 3.67. The fourth-order valence-corrected chi connectivity index (χ4v) is 5.03. The van der Waals surface area contributed by atoms with Crippen LogP contribution >= 0.6 is 15.9 Å². The third-order valence-electron chi connectivity index (χ3n) is 7.41. The van der Waals surface area contributed by atoms with E-state index in [0.717, 1.165) is 29.2 Å². The van der Waals surface area contributed by atoms with Crippen LogP contribution in [-0.4, -0.2) is 36.2 Å². The molecular weight excluding hydrogens is 513 g/mol. The van der Waals surface area contributed by atoms with E-state index in [1.807, 2.05) is 13.8 Å². The highest BCUT2D eigenvalue weighted by Crippen LogP contribution is 2.51. The van der Waals surface area contributed by atoms with Gasteiger partial charge in [0.1, 0.15) is 5.60 Å². The molecule has 1 amide bonds. The summed E-state index contributed by atoms with van der Waals surface area (Å²) in [5, 5.41) is 13.4. The molecule has 6 heteroatoms. The number of nitrogens with one attached hydrogen (secondary N) is 1. The normalized spacial score (nSPS) is 18.8. The maximum Gasteiger partial charge on any atom is 0.331 e. The Morgan fingerprint density at radius 1 is 1.06 bits per heavy atom. The van der Waals surface area contributed by atoms with Crippen LogP contribution in [0.5, 0.6) is 0 Å². The molecule has 0 bridgehead atoms. The number of aliphatic hydroxyl groups is 1. The van der Waals surface area contributed by atoms with Crippen LogP contribution in [0, 0.1) is 12.3 Å². The van der Waals surface area contributed by atoms with Gasteiger partial charge in [-0.15, -0.1) is 0 Å². The average Bonchev–Trinajstić information content (AvgIpc) is 2.98. The van der Waals surface area contributed by atoms with E-state index in [0.29, 0.717) is 13.0 Å². The molecule has 0 aliphatic heterocycles. The smallest absolute Gasteiger partial charge is 0.331 e. The number of rotatable bonds is 10. The highest BCUT2D eigenvalue weighted by Gasteiger charge is 2.43. The lowest BCUT2D eigenvalue weighted by Gasteiger charge is -2.32. The molecule has 1 radical (unpaired) electrons. The number of benzene rings is 2. The second-order valence-corrected chi connectivity index (χ2v) is 13.3. The van der Waals surface area contributed by atoms with Gasteiger partial charge in [0.2, 0.25) is 11.5 Å². The first kappa shape index (κ1) is 28.8. The van der Waals surface area contributed by atoms with Crippen LogP contribution in [0.15, 0.2) is 40.9 Å². The molecule has 0 fully saturated rings. The van der Waals surface area contributed by atoms with Crippen LogP contribution < -0.4 is 10.8 Å². The minimum atomic E-state index is -1.22. The molecule has 2 unspecified atom stereocenters. The predicted octanol–water partition coefficient (Wildman–Crippen LogP) is 6.08. The van der Waals surface area contributed by atoms with Crippen molar-refractivity contribution in [2.45, 2.75) is 90.8 Å². The van der Waals surface area contributed by atoms with Crippen molar-refractivity contribution in [3.8, 4) is 11.1 Å². The van der Waals surface area contributed by atoms with Gasteiger partial charge in [0.05, 0.1) is 6.92 Å². The fraction of sp³-hybridized carbons (Fsp3) is 0.533. The minimum absolute atomic E-state index is 0.000685. The molecule has 36 heavy (non-hydrogen) atoms. The molecule has 0 saturated carbocycles. The second-order valence-electron chi connectivity index (χ2n) is 12.4. The minimum Gasteiger partial charge on any atom is -0.423 e. The molecule has 193 valence electrons. The molecule has 3 rings (SSSR count). The lowest BCUT2D eigenvalue weighted by molar-refractivity contribution is -0.122. The van der Waals surface area contributed by atoms with Crippen LogP contribution in [0.2, 0.25) is 0 Å². The molecule has 2 atom stereocenters. The molecule has 0 spiro atoms. The summed E-state index contributed by atoms with van der Waals surface area (Å²) in [7, 11) is 1.73. The fourth-order valence-electron chi connectivity index (χ4n) is 4.67. The van der Waals surface area contributed by atoms with Gasteiger partial charge in [0.25, 0.3) is 0 Å². The molecule has 1 aliphatic rings. The topological polar surface area (TPSA) is 58.6 Å². The van der Waals surface area contributed by atoms with Crippen LogP contribution in [0.1, 0.15) is 85.3 Å². The maximum absolute atomic E-state index is 12.2. The van der Waals surface area contributed by atoms with Crippen molar-refractivity contribution in [1.82, 2.24) is 5.32 Å². The van der Waals surface area contributed by atoms with Crippen LogP contribution in [0.25, 0.3) is 11.1 Å². The van der Waals surface area contributed by atoms with Gasteiger partial charge in [-0.3, -0.25) is 4.79 Å². The Hall–Kier alpha value is -1.76. The van der Waals surface area contributed by atoms with E-state index < -0.39 is 11.2 Å². The first-order valence-corrected chi connectivity index (χ1v) is 13.6. The van der Waals surface area contributed by atoms with Gasteiger partial charge in [-0.2, -0.15) is 0 Å². The van der Waals surface area contributed by atoms with Gasteiger partial charge in [-0.25, -0.2) is 0 Å². The molecule has 0 saturated heterocycles. The summed E-state index contributed by atoms with van der Waals surface area (Å²) < 4.78 is 7.06. The van der Waals surface area contributed by atoms with Crippen molar-refractivity contribution < 1.29 is 14.6 Å². The Labute approximate surface area is 227 Å². The number of halogens is 1. The summed E-state index contributed by atoms with van der Waals surface area (Å²) in [6.07, 6.45) is 3.45. The maximum atomic E-state index is 12.2. The monoisotopic (exact) mass is 553 g/mol. The number of carbonyl (C=O) groups excluding carboxylic acids is 1. The van der Waals surface area contributed by atoms with Gasteiger partial charge in [0, 0.05) is 29.8 Å². The Morgan fingerprint density at radius 2 is 1.67 bits per heavy atom. The lowest BCUT2D eigenvalue weighted by atomic mass is 9.74. The lowest BCUT2D eigenvalue weighted by Crippen LogP contribution is -2.49. The molecule has 2 aromatic rings. The molecular formula is C30H41BBrNO3+. The van der Waals surface area contributed by atoms with Gasteiger partial charge < -0.3 is 15.1 Å². The van der Waals surface area contributed by atoms with Crippen molar-refractivity contribution in [3.05, 3.63) is 58.9 Å². The van der Waals surface area contributed by atoms with E-state index in [2.05, 4.69) is 92.3 Å². The molecule has 0 aromatic heterocycles. The third-order valence-corrected chi connectivity index (χ3v) is 7.90. The van der Waals surface area contributed by atoms with Crippen molar-refractivity contribution in [2.24, 2.45) is 5.41 Å². The number of hydrogen-bond donors (Lipinski definition) is 2.